The van der Waals surface area contributed by atoms with E-state index in [0.29, 0.717) is 19.0 Å². The van der Waals surface area contributed by atoms with Gasteiger partial charge < -0.3 is 15.4 Å². The fraction of sp³-hybridized carbons (Fsp3) is 0.833. The van der Waals surface area contributed by atoms with Crippen molar-refractivity contribution in [3.8, 4) is 0 Å². The van der Waals surface area contributed by atoms with E-state index in [4.69, 9.17) is 16.3 Å². The molecular formula is C12H21ClN2O3. The number of amides is 2. The predicted octanol–water partition coefficient (Wildman–Crippen LogP) is 1.65. The van der Waals surface area contributed by atoms with E-state index in [2.05, 4.69) is 10.6 Å². The third-order valence-corrected chi connectivity index (χ3v) is 3.25. The van der Waals surface area contributed by atoms with Crippen molar-refractivity contribution in [2.45, 2.75) is 38.6 Å². The number of carbonyl (C=O) groups is 2. The van der Waals surface area contributed by atoms with Crippen molar-refractivity contribution < 1.29 is 14.3 Å². The molecule has 0 unspecified atom stereocenters. The number of hydrogen-bond donors (Lipinski definition) is 2. The molecule has 1 aliphatic rings. The molecule has 2 amide bonds. The third-order valence-electron chi connectivity index (χ3n) is 3.06. The molecule has 1 saturated carbocycles. The van der Waals surface area contributed by atoms with Crippen LogP contribution < -0.4 is 10.6 Å². The Morgan fingerprint density at radius 2 is 1.94 bits per heavy atom. The molecule has 0 atom stereocenters. The van der Waals surface area contributed by atoms with Crippen LogP contribution in [0.2, 0.25) is 0 Å². The summed E-state index contributed by atoms with van der Waals surface area (Å²) in [6.45, 7) is 2.70. The Labute approximate surface area is 113 Å². The van der Waals surface area contributed by atoms with Crippen molar-refractivity contribution in [1.29, 1.82) is 0 Å². The number of carbonyl (C=O) groups excluding carboxylic acids is 2. The summed E-state index contributed by atoms with van der Waals surface area (Å²) in [5.74, 6) is 0.291. The van der Waals surface area contributed by atoms with Crippen LogP contribution in [0.1, 0.15) is 32.6 Å². The molecule has 0 aromatic carbocycles. The van der Waals surface area contributed by atoms with Gasteiger partial charge in [0.05, 0.1) is 12.5 Å². The molecule has 1 rings (SSSR count). The predicted molar refractivity (Wildman–Crippen MR) is 69.6 cm³/mol. The summed E-state index contributed by atoms with van der Waals surface area (Å²) in [7, 11) is 0. The Bertz CT molecular complexity index is 278. The van der Waals surface area contributed by atoms with Crippen LogP contribution in [0.15, 0.2) is 0 Å². The van der Waals surface area contributed by atoms with Crippen LogP contribution in [0, 0.1) is 5.92 Å². The van der Waals surface area contributed by atoms with E-state index in [1.807, 2.05) is 6.92 Å². The number of hydrogen-bond acceptors (Lipinski definition) is 3. The number of urea groups is 1. The molecule has 18 heavy (non-hydrogen) atoms. The molecular weight excluding hydrogens is 256 g/mol. The van der Waals surface area contributed by atoms with E-state index in [1.165, 1.54) is 0 Å². The van der Waals surface area contributed by atoms with Gasteiger partial charge in [0.15, 0.2) is 0 Å². The highest BCUT2D eigenvalue weighted by Crippen LogP contribution is 2.25. The molecule has 0 aliphatic heterocycles. The van der Waals surface area contributed by atoms with Crippen molar-refractivity contribution in [3.63, 3.8) is 0 Å². The Morgan fingerprint density at radius 1 is 1.28 bits per heavy atom. The van der Waals surface area contributed by atoms with E-state index >= 15 is 0 Å². The lowest BCUT2D eigenvalue weighted by atomic mass is 9.86. The second-order valence-electron chi connectivity index (χ2n) is 4.39. The van der Waals surface area contributed by atoms with E-state index < -0.39 is 0 Å². The average Bonchev–Trinajstić information content (AvgIpc) is 2.37. The molecule has 0 heterocycles. The first-order chi connectivity index (χ1) is 8.67. The quantitative estimate of drug-likeness (QED) is 0.593. The maximum Gasteiger partial charge on any atom is 0.315 e. The second kappa shape index (κ2) is 8.19. The topological polar surface area (TPSA) is 67.4 Å². The van der Waals surface area contributed by atoms with Gasteiger partial charge in [0.2, 0.25) is 0 Å². The Morgan fingerprint density at radius 3 is 2.50 bits per heavy atom. The fourth-order valence-corrected chi connectivity index (χ4v) is 2.23. The molecule has 0 radical (unpaired) electrons. The Hall–Kier alpha value is -0.970. The van der Waals surface area contributed by atoms with Gasteiger partial charge in [-0.2, -0.15) is 0 Å². The van der Waals surface area contributed by atoms with Gasteiger partial charge in [-0.25, -0.2) is 4.79 Å². The van der Waals surface area contributed by atoms with E-state index in [0.717, 1.165) is 25.7 Å². The molecule has 1 fully saturated rings. The number of ether oxygens (including phenoxy) is 1. The number of nitrogens with one attached hydrogen (secondary N) is 2. The molecule has 6 heteroatoms. The summed E-state index contributed by atoms with van der Waals surface area (Å²) in [5, 5.41) is 5.54. The van der Waals surface area contributed by atoms with Crippen molar-refractivity contribution in [2.24, 2.45) is 5.92 Å². The van der Waals surface area contributed by atoms with Gasteiger partial charge in [-0.05, 0) is 32.6 Å². The minimum atomic E-state index is -0.185. The maximum atomic E-state index is 11.5. The standard InChI is InChI=1S/C12H21ClN2O3/c1-2-18-11(16)9-3-5-10(6-4-9)15-12(17)14-8-7-13/h9-10H,2-8H2,1H3,(H2,14,15,17). The van der Waals surface area contributed by atoms with E-state index in [1.54, 1.807) is 0 Å². The lowest BCUT2D eigenvalue weighted by molar-refractivity contribution is -0.149. The van der Waals surface area contributed by atoms with E-state index in [9.17, 15) is 9.59 Å². The molecule has 0 aromatic heterocycles. The first-order valence-corrected chi connectivity index (χ1v) is 6.97. The fourth-order valence-electron chi connectivity index (χ4n) is 2.13. The van der Waals surface area contributed by atoms with Crippen LogP contribution in [-0.4, -0.2) is 37.1 Å². The zero-order chi connectivity index (χ0) is 13.4. The number of halogens is 1. The maximum absolute atomic E-state index is 11.5. The highest BCUT2D eigenvalue weighted by atomic mass is 35.5. The number of rotatable bonds is 5. The zero-order valence-electron chi connectivity index (χ0n) is 10.7. The molecule has 2 N–H and O–H groups in total. The molecule has 0 bridgehead atoms. The summed E-state index contributed by atoms with van der Waals surface area (Å²) in [6, 6.07) is -0.0405. The third kappa shape index (κ3) is 5.12. The van der Waals surface area contributed by atoms with Gasteiger partial charge in [-0.1, -0.05) is 0 Å². The molecule has 104 valence electrons. The largest absolute Gasteiger partial charge is 0.466 e. The minimum absolute atomic E-state index is 0.00565. The SMILES string of the molecule is CCOC(=O)C1CCC(NC(=O)NCCCl)CC1. The van der Waals surface area contributed by atoms with Crippen LogP contribution >= 0.6 is 11.6 Å². The van der Waals surface area contributed by atoms with Crippen molar-refractivity contribution in [2.75, 3.05) is 19.0 Å². The lowest BCUT2D eigenvalue weighted by Gasteiger charge is -2.27. The van der Waals surface area contributed by atoms with Gasteiger partial charge in [0.1, 0.15) is 0 Å². The Balaban J connectivity index is 2.22. The van der Waals surface area contributed by atoms with E-state index in [-0.39, 0.29) is 24.0 Å². The smallest absolute Gasteiger partial charge is 0.315 e. The highest BCUT2D eigenvalue weighted by molar-refractivity contribution is 6.18. The van der Waals surface area contributed by atoms with Gasteiger partial charge in [0.25, 0.3) is 0 Å². The van der Waals surface area contributed by atoms with Crippen LogP contribution in [0.3, 0.4) is 0 Å². The summed E-state index contributed by atoms with van der Waals surface area (Å²) < 4.78 is 5.00. The summed E-state index contributed by atoms with van der Waals surface area (Å²) in [6.07, 6.45) is 3.19. The van der Waals surface area contributed by atoms with Gasteiger partial charge in [-0.15, -0.1) is 11.6 Å². The van der Waals surface area contributed by atoms with Crippen LogP contribution in [0.5, 0.6) is 0 Å². The minimum Gasteiger partial charge on any atom is -0.466 e. The molecule has 5 nitrogen and oxygen atoms in total. The number of esters is 1. The van der Waals surface area contributed by atoms with Crippen LogP contribution in [0.25, 0.3) is 0 Å². The zero-order valence-corrected chi connectivity index (χ0v) is 11.5. The van der Waals surface area contributed by atoms with Crippen LogP contribution in [-0.2, 0) is 9.53 Å². The van der Waals surface area contributed by atoms with Crippen molar-refractivity contribution in [1.82, 2.24) is 10.6 Å². The van der Waals surface area contributed by atoms with Gasteiger partial charge in [0, 0.05) is 18.5 Å². The first kappa shape index (κ1) is 15.1. The van der Waals surface area contributed by atoms with Crippen LogP contribution in [0.4, 0.5) is 4.79 Å². The van der Waals surface area contributed by atoms with Crippen molar-refractivity contribution in [3.05, 3.63) is 0 Å². The molecule has 0 spiro atoms. The summed E-state index contributed by atoms with van der Waals surface area (Å²) >= 11 is 5.48. The normalized spacial score (nSPS) is 23.2. The first-order valence-electron chi connectivity index (χ1n) is 6.44. The van der Waals surface area contributed by atoms with Crippen molar-refractivity contribution >= 4 is 23.6 Å². The molecule has 0 aromatic rings. The molecule has 0 saturated heterocycles. The number of alkyl halides is 1. The lowest BCUT2D eigenvalue weighted by Crippen LogP contribution is -2.44. The molecule has 1 aliphatic carbocycles. The Kier molecular flexibility index (Phi) is 6.86. The van der Waals surface area contributed by atoms with Gasteiger partial charge in [-0.3, -0.25) is 4.79 Å². The second-order valence-corrected chi connectivity index (χ2v) is 4.77. The summed E-state index contributed by atoms with van der Waals surface area (Å²) in [5.41, 5.74) is 0. The van der Waals surface area contributed by atoms with Gasteiger partial charge >= 0.3 is 12.0 Å². The summed E-state index contributed by atoms with van der Waals surface area (Å²) in [4.78, 5) is 22.9. The highest BCUT2D eigenvalue weighted by Gasteiger charge is 2.27. The average molecular weight is 277 g/mol. The monoisotopic (exact) mass is 276 g/mol.